The zero-order chi connectivity index (χ0) is 22.7. The van der Waals surface area contributed by atoms with E-state index in [-0.39, 0.29) is 27.9 Å². The van der Waals surface area contributed by atoms with Crippen molar-refractivity contribution in [3.05, 3.63) is 109 Å². The molecule has 0 radical (unpaired) electrons. The maximum absolute atomic E-state index is 12.4. The van der Waals surface area contributed by atoms with Gasteiger partial charge in [-0.25, -0.2) is 9.79 Å². The van der Waals surface area contributed by atoms with Gasteiger partial charge in [0.15, 0.2) is 5.70 Å². The number of carbonyl (C=O) groups excluding carboxylic acids is 1. The fourth-order valence-corrected chi connectivity index (χ4v) is 3.55. The van der Waals surface area contributed by atoms with Gasteiger partial charge in [-0.15, -0.1) is 0 Å². The molecule has 32 heavy (non-hydrogen) atoms. The zero-order valence-corrected chi connectivity index (χ0v) is 18.7. The molecule has 0 aliphatic carbocycles. The molecule has 160 valence electrons. The summed E-state index contributed by atoms with van der Waals surface area (Å²) in [7, 11) is 0. The lowest BCUT2D eigenvalue weighted by Crippen LogP contribution is -2.06. The maximum atomic E-state index is 12.4. The highest BCUT2D eigenvalue weighted by atomic mass is 79.9. The van der Waals surface area contributed by atoms with Crippen molar-refractivity contribution in [1.29, 1.82) is 0 Å². The molecule has 3 aromatic carbocycles. The van der Waals surface area contributed by atoms with Gasteiger partial charge in [-0.3, -0.25) is 10.1 Å². The van der Waals surface area contributed by atoms with Crippen LogP contribution in [0.1, 0.15) is 16.7 Å². The van der Waals surface area contributed by atoms with Gasteiger partial charge in [0.1, 0.15) is 17.4 Å². The Morgan fingerprint density at radius 2 is 1.88 bits per heavy atom. The van der Waals surface area contributed by atoms with Crippen LogP contribution < -0.4 is 4.74 Å². The number of ether oxygens (including phenoxy) is 2. The number of halogens is 2. The van der Waals surface area contributed by atoms with Crippen LogP contribution in [0.3, 0.4) is 0 Å². The predicted molar refractivity (Wildman–Crippen MR) is 124 cm³/mol. The Morgan fingerprint density at radius 3 is 2.66 bits per heavy atom. The molecule has 3 aromatic rings. The average Bonchev–Trinajstić information content (AvgIpc) is 3.14. The fraction of sp³-hybridized carbons (Fsp3) is 0.0435. The molecule has 1 aliphatic heterocycles. The Hall–Kier alpha value is -3.49. The number of nitrogens with zero attached hydrogens (tertiary/aromatic N) is 2. The number of hydrogen-bond donors (Lipinski definition) is 0. The molecule has 4 rings (SSSR count). The van der Waals surface area contributed by atoms with Gasteiger partial charge >= 0.3 is 5.97 Å². The van der Waals surface area contributed by atoms with Gasteiger partial charge in [-0.05, 0) is 30.3 Å². The van der Waals surface area contributed by atoms with Crippen LogP contribution in [0.5, 0.6) is 5.75 Å². The summed E-state index contributed by atoms with van der Waals surface area (Å²) in [6, 6.07) is 19.0. The standard InChI is InChI=1S/C23H14BrClN2O5/c24-17-7-3-1-6-16(17)13-31-21-8-4-2-5-14(21)11-19-23(28)32-22(26-19)15-9-10-18(25)20(12-15)27(29)30/h1-12H,13H2/b19-11-. The molecule has 0 saturated carbocycles. The second-order valence-corrected chi connectivity index (χ2v) is 7.94. The highest BCUT2D eigenvalue weighted by Gasteiger charge is 2.26. The third kappa shape index (κ3) is 4.71. The van der Waals surface area contributed by atoms with Gasteiger partial charge in [0.2, 0.25) is 5.90 Å². The zero-order valence-electron chi connectivity index (χ0n) is 16.3. The Balaban J connectivity index is 1.61. The van der Waals surface area contributed by atoms with Crippen LogP contribution in [0.25, 0.3) is 6.08 Å². The van der Waals surface area contributed by atoms with E-state index in [2.05, 4.69) is 20.9 Å². The van der Waals surface area contributed by atoms with Gasteiger partial charge < -0.3 is 9.47 Å². The number of esters is 1. The molecule has 0 bridgehead atoms. The topological polar surface area (TPSA) is 91.0 Å². The first-order chi connectivity index (χ1) is 15.4. The monoisotopic (exact) mass is 512 g/mol. The minimum Gasteiger partial charge on any atom is -0.488 e. The van der Waals surface area contributed by atoms with Crippen molar-refractivity contribution in [3.8, 4) is 5.75 Å². The van der Waals surface area contributed by atoms with Crippen LogP contribution >= 0.6 is 27.5 Å². The number of carbonyl (C=O) groups is 1. The van der Waals surface area contributed by atoms with Gasteiger partial charge in [0, 0.05) is 27.2 Å². The number of rotatable bonds is 6. The lowest BCUT2D eigenvalue weighted by molar-refractivity contribution is -0.384. The molecule has 0 unspecified atom stereocenters. The molecule has 1 heterocycles. The summed E-state index contributed by atoms with van der Waals surface area (Å²) in [5, 5.41) is 11.1. The van der Waals surface area contributed by atoms with Crippen LogP contribution in [0, 0.1) is 10.1 Å². The lowest BCUT2D eigenvalue weighted by Gasteiger charge is -2.10. The van der Waals surface area contributed by atoms with E-state index in [1.165, 1.54) is 18.2 Å². The number of benzene rings is 3. The SMILES string of the molecule is O=C1OC(c2ccc(Cl)c([N+](=O)[O-])c2)=N/C1=C\c1ccccc1OCc1ccccc1Br. The highest BCUT2D eigenvalue weighted by Crippen LogP contribution is 2.29. The van der Waals surface area contributed by atoms with E-state index in [4.69, 9.17) is 21.1 Å². The summed E-state index contributed by atoms with van der Waals surface area (Å²) < 4.78 is 12.1. The molecule has 0 N–H and O–H groups in total. The van der Waals surface area contributed by atoms with Crippen molar-refractivity contribution in [1.82, 2.24) is 0 Å². The van der Waals surface area contributed by atoms with E-state index in [1.54, 1.807) is 18.2 Å². The number of nitro groups is 1. The second kappa shape index (κ2) is 9.33. The van der Waals surface area contributed by atoms with Crippen molar-refractivity contribution >= 4 is 51.2 Å². The van der Waals surface area contributed by atoms with Crippen LogP contribution in [0.2, 0.25) is 5.02 Å². The van der Waals surface area contributed by atoms with E-state index < -0.39 is 10.9 Å². The lowest BCUT2D eigenvalue weighted by atomic mass is 10.1. The third-order valence-electron chi connectivity index (χ3n) is 4.56. The van der Waals surface area contributed by atoms with E-state index >= 15 is 0 Å². The fourth-order valence-electron chi connectivity index (χ4n) is 2.97. The molecule has 0 fully saturated rings. The summed E-state index contributed by atoms with van der Waals surface area (Å²) in [5.41, 5.74) is 1.63. The molecule has 9 heteroatoms. The molecule has 0 spiro atoms. The molecular weight excluding hydrogens is 500 g/mol. The normalized spacial score (nSPS) is 14.2. The quantitative estimate of drug-likeness (QED) is 0.176. The predicted octanol–water partition coefficient (Wildman–Crippen LogP) is 5.93. The Bertz CT molecular complexity index is 1290. The van der Waals surface area contributed by atoms with E-state index in [0.29, 0.717) is 17.9 Å². The summed E-state index contributed by atoms with van der Waals surface area (Å²) in [5.74, 6) is -0.139. The van der Waals surface area contributed by atoms with Crippen molar-refractivity contribution in [2.24, 2.45) is 4.99 Å². The Labute approximate surface area is 196 Å². The smallest absolute Gasteiger partial charge is 0.363 e. The van der Waals surface area contributed by atoms with Gasteiger partial charge in [-0.2, -0.15) is 0 Å². The molecule has 7 nitrogen and oxygen atoms in total. The Morgan fingerprint density at radius 1 is 1.12 bits per heavy atom. The van der Waals surface area contributed by atoms with Crippen molar-refractivity contribution in [3.63, 3.8) is 0 Å². The molecule has 0 aromatic heterocycles. The number of aliphatic imine (C=N–C) groups is 1. The van der Waals surface area contributed by atoms with Gasteiger partial charge in [-0.1, -0.05) is 63.9 Å². The molecule has 0 amide bonds. The van der Waals surface area contributed by atoms with Crippen LogP contribution in [0.4, 0.5) is 5.69 Å². The number of nitro benzene ring substituents is 1. The second-order valence-electron chi connectivity index (χ2n) is 6.68. The number of hydrogen-bond acceptors (Lipinski definition) is 6. The summed E-state index contributed by atoms with van der Waals surface area (Å²) in [4.78, 5) is 27.1. The molecule has 0 atom stereocenters. The summed E-state index contributed by atoms with van der Waals surface area (Å²) in [6.45, 7) is 0.328. The van der Waals surface area contributed by atoms with Crippen LogP contribution in [-0.2, 0) is 16.1 Å². The summed E-state index contributed by atoms with van der Waals surface area (Å²) in [6.07, 6.45) is 1.55. The average molecular weight is 514 g/mol. The van der Waals surface area contributed by atoms with Gasteiger partial charge in [0.25, 0.3) is 5.69 Å². The van der Waals surface area contributed by atoms with E-state index in [0.717, 1.165) is 10.0 Å². The number of cyclic esters (lactones) is 1. The minimum absolute atomic E-state index is 0.0180. The van der Waals surface area contributed by atoms with Crippen molar-refractivity contribution in [2.75, 3.05) is 0 Å². The molecular formula is C23H14BrClN2O5. The van der Waals surface area contributed by atoms with Crippen LogP contribution in [0.15, 0.2) is 81.9 Å². The van der Waals surface area contributed by atoms with E-state index in [9.17, 15) is 14.9 Å². The Kier molecular flexibility index (Phi) is 6.34. The highest BCUT2D eigenvalue weighted by molar-refractivity contribution is 9.10. The molecule has 1 aliphatic rings. The van der Waals surface area contributed by atoms with Crippen LogP contribution in [-0.4, -0.2) is 16.8 Å². The first-order valence-electron chi connectivity index (χ1n) is 9.34. The minimum atomic E-state index is -0.668. The van der Waals surface area contributed by atoms with Crippen molar-refractivity contribution < 1.29 is 19.2 Å². The molecule has 0 saturated heterocycles. The van der Waals surface area contributed by atoms with E-state index in [1.807, 2.05) is 36.4 Å². The summed E-state index contributed by atoms with van der Waals surface area (Å²) >= 11 is 9.34. The largest absolute Gasteiger partial charge is 0.488 e. The first-order valence-corrected chi connectivity index (χ1v) is 10.5. The number of para-hydroxylation sites is 1. The van der Waals surface area contributed by atoms with Gasteiger partial charge in [0.05, 0.1) is 4.92 Å². The van der Waals surface area contributed by atoms with Crippen molar-refractivity contribution in [2.45, 2.75) is 6.61 Å². The maximum Gasteiger partial charge on any atom is 0.363 e. The first kappa shape index (κ1) is 21.7. The third-order valence-corrected chi connectivity index (χ3v) is 5.66.